The van der Waals surface area contributed by atoms with Gasteiger partial charge in [0.15, 0.2) is 0 Å². The Morgan fingerprint density at radius 1 is 1.18 bits per heavy atom. The molecule has 4 nitrogen and oxygen atoms in total. The van der Waals surface area contributed by atoms with Crippen LogP contribution in [0.2, 0.25) is 0 Å². The second-order valence-electron chi connectivity index (χ2n) is 7.47. The van der Waals surface area contributed by atoms with Crippen molar-refractivity contribution >= 4 is 6.09 Å². The van der Waals surface area contributed by atoms with E-state index in [1.54, 1.807) is 25.7 Å². The number of ether oxygens (including phenoxy) is 1. The van der Waals surface area contributed by atoms with Crippen molar-refractivity contribution in [3.05, 3.63) is 0 Å². The SMILES string of the molecule is CC(C)(C)OC(=O)N1CCC2(CCNC(C(F)(F)F)C2)CC1. The summed E-state index contributed by atoms with van der Waals surface area (Å²) >= 11 is 0. The van der Waals surface area contributed by atoms with Crippen molar-refractivity contribution in [2.24, 2.45) is 5.41 Å². The van der Waals surface area contributed by atoms with Crippen LogP contribution >= 0.6 is 0 Å². The molecule has 2 heterocycles. The second-order valence-corrected chi connectivity index (χ2v) is 7.47. The number of likely N-dealkylation sites (tertiary alicyclic amines) is 1. The molecule has 0 bridgehead atoms. The molecule has 1 amide bonds. The van der Waals surface area contributed by atoms with Crippen molar-refractivity contribution < 1.29 is 22.7 Å². The van der Waals surface area contributed by atoms with Crippen LogP contribution < -0.4 is 5.32 Å². The first-order valence-corrected chi connectivity index (χ1v) is 7.79. The van der Waals surface area contributed by atoms with E-state index in [4.69, 9.17) is 4.74 Å². The Hall–Kier alpha value is -0.980. The van der Waals surface area contributed by atoms with Gasteiger partial charge in [-0.1, -0.05) is 0 Å². The molecule has 2 fully saturated rings. The number of nitrogens with one attached hydrogen (secondary N) is 1. The van der Waals surface area contributed by atoms with Crippen molar-refractivity contribution in [1.82, 2.24) is 10.2 Å². The summed E-state index contributed by atoms with van der Waals surface area (Å²) in [6.45, 7) is 6.74. The van der Waals surface area contributed by atoms with Gasteiger partial charge in [0, 0.05) is 13.1 Å². The first-order valence-electron chi connectivity index (χ1n) is 7.79. The predicted octanol–water partition coefficient (Wildman–Crippen LogP) is 3.32. The molecule has 7 heteroatoms. The first-order chi connectivity index (χ1) is 10.0. The Morgan fingerprint density at radius 2 is 1.77 bits per heavy atom. The van der Waals surface area contributed by atoms with Gasteiger partial charge in [-0.25, -0.2) is 4.79 Å². The maximum atomic E-state index is 12.9. The third-order valence-corrected chi connectivity index (χ3v) is 4.55. The average Bonchev–Trinajstić information content (AvgIpc) is 2.36. The minimum Gasteiger partial charge on any atom is -0.444 e. The first kappa shape index (κ1) is 17.4. The van der Waals surface area contributed by atoms with E-state index in [2.05, 4.69) is 5.32 Å². The number of hydrogen-bond donors (Lipinski definition) is 1. The van der Waals surface area contributed by atoms with Crippen LogP contribution in [-0.4, -0.2) is 48.4 Å². The van der Waals surface area contributed by atoms with Gasteiger partial charge in [0.2, 0.25) is 0 Å². The molecule has 0 aromatic heterocycles. The van der Waals surface area contributed by atoms with Gasteiger partial charge >= 0.3 is 12.3 Å². The Balaban J connectivity index is 1.92. The van der Waals surface area contributed by atoms with E-state index >= 15 is 0 Å². The van der Waals surface area contributed by atoms with Gasteiger partial charge in [-0.15, -0.1) is 0 Å². The summed E-state index contributed by atoms with van der Waals surface area (Å²) in [5.74, 6) is 0. The molecule has 0 aromatic rings. The zero-order valence-electron chi connectivity index (χ0n) is 13.4. The molecular formula is C15H25F3N2O2. The van der Waals surface area contributed by atoms with E-state index in [0.29, 0.717) is 32.5 Å². The van der Waals surface area contributed by atoms with Crippen LogP contribution in [0, 0.1) is 5.41 Å². The van der Waals surface area contributed by atoms with Crippen molar-refractivity contribution in [2.75, 3.05) is 19.6 Å². The molecule has 0 radical (unpaired) electrons. The lowest BCUT2D eigenvalue weighted by molar-refractivity contribution is -0.172. The minimum atomic E-state index is -4.20. The smallest absolute Gasteiger partial charge is 0.410 e. The molecule has 1 atom stereocenters. The van der Waals surface area contributed by atoms with Crippen LogP contribution in [0.15, 0.2) is 0 Å². The fraction of sp³-hybridized carbons (Fsp3) is 0.933. The minimum absolute atomic E-state index is 0.110. The summed E-state index contributed by atoms with van der Waals surface area (Å²) in [7, 11) is 0. The topological polar surface area (TPSA) is 41.6 Å². The standard InChI is InChI=1S/C15H25F3N2O2/c1-13(2,3)22-12(21)20-8-5-14(6-9-20)4-7-19-11(10-14)15(16,17)18/h11,19H,4-10H2,1-3H3. The average molecular weight is 322 g/mol. The van der Waals surface area contributed by atoms with Gasteiger partial charge in [-0.3, -0.25) is 0 Å². The van der Waals surface area contributed by atoms with Crippen LogP contribution in [0.25, 0.3) is 0 Å². The monoisotopic (exact) mass is 322 g/mol. The molecule has 22 heavy (non-hydrogen) atoms. The van der Waals surface area contributed by atoms with Gasteiger partial charge < -0.3 is 15.0 Å². The van der Waals surface area contributed by atoms with Crippen molar-refractivity contribution in [3.8, 4) is 0 Å². The molecular weight excluding hydrogens is 297 g/mol. The Kier molecular flexibility index (Phi) is 4.66. The lowest BCUT2D eigenvalue weighted by atomic mass is 9.69. The normalized spacial score (nSPS) is 26.1. The van der Waals surface area contributed by atoms with Crippen LogP contribution in [0.5, 0.6) is 0 Å². The third kappa shape index (κ3) is 4.27. The number of amides is 1. The molecule has 2 aliphatic heterocycles. The zero-order chi connectivity index (χ0) is 16.6. The molecule has 2 aliphatic rings. The highest BCUT2D eigenvalue weighted by atomic mass is 19.4. The number of carbonyl (C=O) groups excluding carboxylic acids is 1. The largest absolute Gasteiger partial charge is 0.444 e. The number of carbonyl (C=O) groups is 1. The summed E-state index contributed by atoms with van der Waals surface area (Å²) in [5, 5.41) is 2.57. The van der Waals surface area contributed by atoms with E-state index in [1.165, 1.54) is 0 Å². The van der Waals surface area contributed by atoms with E-state index in [-0.39, 0.29) is 17.9 Å². The van der Waals surface area contributed by atoms with E-state index in [0.717, 1.165) is 6.42 Å². The van der Waals surface area contributed by atoms with E-state index in [1.807, 2.05) is 0 Å². The second kappa shape index (κ2) is 5.91. The summed E-state index contributed by atoms with van der Waals surface area (Å²) in [6.07, 6.45) is -2.50. The fourth-order valence-corrected chi connectivity index (χ4v) is 3.29. The molecule has 1 N–H and O–H groups in total. The van der Waals surface area contributed by atoms with E-state index < -0.39 is 17.8 Å². The molecule has 1 spiro atoms. The molecule has 0 aliphatic carbocycles. The number of nitrogens with zero attached hydrogens (tertiary/aromatic N) is 1. The van der Waals surface area contributed by atoms with Crippen LogP contribution in [0.4, 0.5) is 18.0 Å². The maximum Gasteiger partial charge on any atom is 0.410 e. The number of rotatable bonds is 0. The molecule has 0 aromatic carbocycles. The highest BCUT2D eigenvalue weighted by Gasteiger charge is 2.48. The Labute approximate surface area is 129 Å². The van der Waals surface area contributed by atoms with Crippen LogP contribution in [-0.2, 0) is 4.74 Å². The predicted molar refractivity (Wildman–Crippen MR) is 76.6 cm³/mol. The van der Waals surface area contributed by atoms with Gasteiger partial charge in [-0.2, -0.15) is 13.2 Å². The van der Waals surface area contributed by atoms with Crippen molar-refractivity contribution in [3.63, 3.8) is 0 Å². The fourth-order valence-electron chi connectivity index (χ4n) is 3.29. The number of hydrogen-bond acceptors (Lipinski definition) is 3. The highest BCUT2D eigenvalue weighted by Crippen LogP contribution is 2.44. The summed E-state index contributed by atoms with van der Waals surface area (Å²) in [4.78, 5) is 13.6. The highest BCUT2D eigenvalue weighted by molar-refractivity contribution is 5.68. The molecule has 0 saturated carbocycles. The van der Waals surface area contributed by atoms with Gasteiger partial charge in [0.1, 0.15) is 11.6 Å². The van der Waals surface area contributed by atoms with Crippen molar-refractivity contribution in [2.45, 2.75) is 64.3 Å². The Bertz CT molecular complexity index is 410. The summed E-state index contributed by atoms with van der Waals surface area (Å²) < 4.78 is 44.1. The third-order valence-electron chi connectivity index (χ3n) is 4.55. The molecule has 2 rings (SSSR count). The number of halogens is 3. The Morgan fingerprint density at radius 3 is 2.27 bits per heavy atom. The molecule has 2 saturated heterocycles. The van der Waals surface area contributed by atoms with Crippen molar-refractivity contribution in [1.29, 1.82) is 0 Å². The lowest BCUT2D eigenvalue weighted by Crippen LogP contribution is -2.55. The van der Waals surface area contributed by atoms with Crippen LogP contribution in [0.3, 0.4) is 0 Å². The zero-order valence-corrected chi connectivity index (χ0v) is 13.4. The number of alkyl halides is 3. The van der Waals surface area contributed by atoms with Gasteiger partial charge in [-0.05, 0) is 58.4 Å². The van der Waals surface area contributed by atoms with Gasteiger partial charge in [0.25, 0.3) is 0 Å². The van der Waals surface area contributed by atoms with E-state index in [9.17, 15) is 18.0 Å². The lowest BCUT2D eigenvalue weighted by Gasteiger charge is -2.47. The summed E-state index contributed by atoms with van der Waals surface area (Å²) in [5.41, 5.74) is -0.855. The van der Waals surface area contributed by atoms with Gasteiger partial charge in [0.05, 0.1) is 0 Å². The van der Waals surface area contributed by atoms with Crippen LogP contribution in [0.1, 0.15) is 46.5 Å². The number of piperidine rings is 2. The quantitative estimate of drug-likeness (QED) is 0.744. The summed E-state index contributed by atoms with van der Waals surface area (Å²) in [6, 6.07) is -1.42. The molecule has 128 valence electrons. The molecule has 1 unspecified atom stereocenters. The maximum absolute atomic E-state index is 12.9.